The number of hydrogen-bond donors (Lipinski definition) is 0. The standard InChI is InChI=1S/C12H14Br2FNO2/c1-18-5-4-16(3-2-13)12(17)9-6-10(14)8-11(15)7-9/h6-8H,2-5H2,1H3. The number of carbonyl (C=O) groups is 1. The van der Waals surface area contributed by atoms with E-state index in [0.717, 1.165) is 0 Å². The number of alkyl halides is 1. The molecule has 0 aliphatic carbocycles. The van der Waals surface area contributed by atoms with Crippen molar-refractivity contribution < 1.29 is 13.9 Å². The third kappa shape index (κ3) is 4.66. The number of hydrogen-bond acceptors (Lipinski definition) is 2. The molecule has 0 aliphatic rings. The molecule has 100 valence electrons. The van der Waals surface area contributed by atoms with Gasteiger partial charge in [-0.3, -0.25) is 4.79 Å². The van der Waals surface area contributed by atoms with E-state index in [-0.39, 0.29) is 5.91 Å². The van der Waals surface area contributed by atoms with E-state index in [4.69, 9.17) is 4.74 Å². The Morgan fingerprint density at radius 2 is 2.11 bits per heavy atom. The van der Waals surface area contributed by atoms with Crippen molar-refractivity contribution in [1.82, 2.24) is 4.90 Å². The molecule has 0 fully saturated rings. The number of rotatable bonds is 6. The largest absolute Gasteiger partial charge is 0.383 e. The molecule has 18 heavy (non-hydrogen) atoms. The summed E-state index contributed by atoms with van der Waals surface area (Å²) in [5.74, 6) is -0.634. The predicted octanol–water partition coefficient (Wildman–Crippen LogP) is 3.07. The van der Waals surface area contributed by atoms with E-state index in [1.807, 2.05) is 0 Å². The van der Waals surface area contributed by atoms with Crippen molar-refractivity contribution in [3.8, 4) is 0 Å². The van der Waals surface area contributed by atoms with Crippen molar-refractivity contribution in [2.45, 2.75) is 0 Å². The van der Waals surface area contributed by atoms with Gasteiger partial charge in [-0.1, -0.05) is 31.9 Å². The zero-order valence-corrected chi connectivity index (χ0v) is 13.1. The van der Waals surface area contributed by atoms with Gasteiger partial charge in [-0.25, -0.2) is 4.39 Å². The van der Waals surface area contributed by atoms with Gasteiger partial charge in [0.1, 0.15) is 5.82 Å². The molecule has 0 heterocycles. The molecule has 1 aromatic rings. The van der Waals surface area contributed by atoms with E-state index < -0.39 is 5.82 Å². The van der Waals surface area contributed by atoms with Gasteiger partial charge in [0.2, 0.25) is 0 Å². The van der Waals surface area contributed by atoms with Crippen molar-refractivity contribution in [2.75, 3.05) is 32.1 Å². The van der Waals surface area contributed by atoms with Crippen LogP contribution in [0.1, 0.15) is 10.4 Å². The Kier molecular flexibility index (Phi) is 6.81. The molecule has 0 atom stereocenters. The number of benzene rings is 1. The van der Waals surface area contributed by atoms with Crippen molar-refractivity contribution in [1.29, 1.82) is 0 Å². The van der Waals surface area contributed by atoms with Gasteiger partial charge in [-0.2, -0.15) is 0 Å². The zero-order chi connectivity index (χ0) is 13.5. The van der Waals surface area contributed by atoms with Crippen LogP contribution in [0.15, 0.2) is 22.7 Å². The Balaban J connectivity index is 2.86. The number of nitrogens with zero attached hydrogens (tertiary/aromatic N) is 1. The first kappa shape index (κ1) is 15.6. The first-order chi connectivity index (χ1) is 8.58. The van der Waals surface area contributed by atoms with E-state index in [1.54, 1.807) is 18.1 Å². The Hall–Kier alpha value is -0.460. The third-order valence-electron chi connectivity index (χ3n) is 2.32. The van der Waals surface area contributed by atoms with Crippen LogP contribution in [0, 0.1) is 5.82 Å². The second kappa shape index (κ2) is 7.86. The van der Waals surface area contributed by atoms with Gasteiger partial charge in [0.15, 0.2) is 0 Å². The van der Waals surface area contributed by atoms with Crippen LogP contribution in [-0.2, 0) is 4.74 Å². The smallest absolute Gasteiger partial charge is 0.254 e. The van der Waals surface area contributed by atoms with E-state index in [1.165, 1.54) is 12.1 Å². The minimum atomic E-state index is -0.432. The van der Waals surface area contributed by atoms with E-state index >= 15 is 0 Å². The second-order valence-electron chi connectivity index (χ2n) is 3.63. The molecule has 0 N–H and O–H groups in total. The maximum absolute atomic E-state index is 13.3. The van der Waals surface area contributed by atoms with Gasteiger partial charge in [0.05, 0.1) is 6.61 Å². The highest BCUT2D eigenvalue weighted by Gasteiger charge is 2.16. The van der Waals surface area contributed by atoms with Crippen molar-refractivity contribution in [3.05, 3.63) is 34.1 Å². The first-order valence-electron chi connectivity index (χ1n) is 5.38. The highest BCUT2D eigenvalue weighted by molar-refractivity contribution is 9.10. The monoisotopic (exact) mass is 381 g/mol. The molecule has 0 spiro atoms. The summed E-state index contributed by atoms with van der Waals surface area (Å²) in [5.41, 5.74) is 0.332. The van der Waals surface area contributed by atoms with Crippen LogP contribution in [0.3, 0.4) is 0 Å². The summed E-state index contributed by atoms with van der Waals surface area (Å²) >= 11 is 6.47. The van der Waals surface area contributed by atoms with Crippen LogP contribution in [0.5, 0.6) is 0 Å². The maximum atomic E-state index is 13.3. The van der Waals surface area contributed by atoms with E-state index in [2.05, 4.69) is 31.9 Å². The summed E-state index contributed by atoms with van der Waals surface area (Å²) in [6, 6.07) is 4.17. The normalized spacial score (nSPS) is 10.4. The lowest BCUT2D eigenvalue weighted by molar-refractivity contribution is 0.0708. The Morgan fingerprint density at radius 1 is 1.39 bits per heavy atom. The van der Waals surface area contributed by atoms with Crippen molar-refractivity contribution in [3.63, 3.8) is 0 Å². The van der Waals surface area contributed by atoms with Gasteiger partial charge in [0.25, 0.3) is 5.91 Å². The number of methoxy groups -OCH3 is 1. The number of halogens is 3. The lowest BCUT2D eigenvalue weighted by Gasteiger charge is -2.21. The fourth-order valence-corrected chi connectivity index (χ4v) is 2.37. The maximum Gasteiger partial charge on any atom is 0.254 e. The minimum absolute atomic E-state index is 0.202. The minimum Gasteiger partial charge on any atom is -0.383 e. The molecule has 1 rings (SSSR count). The van der Waals surface area contributed by atoms with Crippen LogP contribution in [0.25, 0.3) is 0 Å². The molecule has 0 aromatic heterocycles. The summed E-state index contributed by atoms with van der Waals surface area (Å²) in [5, 5.41) is 0.666. The van der Waals surface area contributed by atoms with Crippen LogP contribution in [0.4, 0.5) is 4.39 Å². The van der Waals surface area contributed by atoms with Crippen molar-refractivity contribution in [2.24, 2.45) is 0 Å². The van der Waals surface area contributed by atoms with Gasteiger partial charge in [0, 0.05) is 35.6 Å². The zero-order valence-electron chi connectivity index (χ0n) is 9.96. The molecular formula is C12H14Br2FNO2. The summed E-state index contributed by atoms with van der Waals surface area (Å²) in [6.45, 7) is 1.49. The Morgan fingerprint density at radius 3 is 2.67 bits per heavy atom. The Bertz CT molecular complexity index is 395. The molecule has 3 nitrogen and oxygen atoms in total. The van der Waals surface area contributed by atoms with Crippen LogP contribution < -0.4 is 0 Å². The first-order valence-corrected chi connectivity index (χ1v) is 7.30. The SMILES string of the molecule is COCCN(CCBr)C(=O)c1cc(F)cc(Br)c1. The number of carbonyl (C=O) groups excluding carboxylic acids is 1. The summed E-state index contributed by atoms with van der Waals surface area (Å²) in [6.07, 6.45) is 0. The van der Waals surface area contributed by atoms with Gasteiger partial charge >= 0.3 is 0 Å². The van der Waals surface area contributed by atoms with Gasteiger partial charge < -0.3 is 9.64 Å². The molecule has 0 saturated heterocycles. The molecule has 0 radical (unpaired) electrons. The molecule has 0 unspecified atom stereocenters. The summed E-state index contributed by atoms with van der Waals surface area (Å²) in [7, 11) is 1.58. The fraction of sp³-hybridized carbons (Fsp3) is 0.417. The van der Waals surface area contributed by atoms with E-state index in [0.29, 0.717) is 35.1 Å². The molecule has 1 amide bonds. The second-order valence-corrected chi connectivity index (χ2v) is 5.34. The topological polar surface area (TPSA) is 29.5 Å². The predicted molar refractivity (Wildman–Crippen MR) is 75.7 cm³/mol. The van der Waals surface area contributed by atoms with Crippen LogP contribution >= 0.6 is 31.9 Å². The van der Waals surface area contributed by atoms with Crippen LogP contribution in [-0.4, -0.2) is 42.9 Å². The van der Waals surface area contributed by atoms with Gasteiger partial charge in [-0.05, 0) is 18.2 Å². The van der Waals surface area contributed by atoms with Gasteiger partial charge in [-0.15, -0.1) is 0 Å². The lowest BCUT2D eigenvalue weighted by Crippen LogP contribution is -2.35. The lowest BCUT2D eigenvalue weighted by atomic mass is 10.2. The molecular weight excluding hydrogens is 369 g/mol. The molecule has 0 bridgehead atoms. The molecule has 6 heteroatoms. The molecule has 1 aromatic carbocycles. The molecule has 0 saturated carbocycles. The average molecular weight is 383 g/mol. The van der Waals surface area contributed by atoms with Crippen molar-refractivity contribution >= 4 is 37.8 Å². The summed E-state index contributed by atoms with van der Waals surface area (Å²) in [4.78, 5) is 13.8. The van der Waals surface area contributed by atoms with E-state index in [9.17, 15) is 9.18 Å². The third-order valence-corrected chi connectivity index (χ3v) is 3.13. The number of ether oxygens (including phenoxy) is 1. The fourth-order valence-electron chi connectivity index (χ4n) is 1.48. The number of amides is 1. The highest BCUT2D eigenvalue weighted by atomic mass is 79.9. The molecule has 0 aliphatic heterocycles. The van der Waals surface area contributed by atoms with Crippen LogP contribution in [0.2, 0.25) is 0 Å². The summed E-state index contributed by atoms with van der Waals surface area (Å²) < 4.78 is 18.8. The Labute approximate surface area is 123 Å². The quantitative estimate of drug-likeness (QED) is 0.707. The average Bonchev–Trinajstić information content (AvgIpc) is 2.32. The highest BCUT2D eigenvalue weighted by Crippen LogP contribution is 2.16.